The van der Waals surface area contributed by atoms with E-state index in [0.717, 1.165) is 24.3 Å². The van der Waals surface area contributed by atoms with Crippen molar-refractivity contribution in [2.24, 2.45) is 5.73 Å². The van der Waals surface area contributed by atoms with Gasteiger partial charge in [0.05, 0.1) is 5.60 Å². The smallest absolute Gasteiger partial charge is 0.404 e. The molecular weight excluding hydrogens is 214 g/mol. The summed E-state index contributed by atoms with van der Waals surface area (Å²) in [7, 11) is 0. The molecule has 1 unspecified atom stereocenters. The van der Waals surface area contributed by atoms with Crippen LogP contribution in [0.25, 0.3) is 0 Å². The van der Waals surface area contributed by atoms with E-state index in [0.29, 0.717) is 6.61 Å². The maximum Gasteiger partial charge on any atom is 0.404 e. The molecular formula is C10H17NO3S. The van der Waals surface area contributed by atoms with Crippen LogP contribution in [0.4, 0.5) is 4.79 Å². The van der Waals surface area contributed by atoms with Crippen LogP contribution in [0.15, 0.2) is 0 Å². The number of rotatable bonds is 2. The molecule has 0 aromatic carbocycles. The van der Waals surface area contributed by atoms with Gasteiger partial charge in [0.15, 0.2) is 0 Å². The standard InChI is InChI=1S/C10H17NO3S/c11-9(12)13-5-8-6-15-7-10(14-8)3-1-2-4-10/h8H,1-7H2,(H2,11,12). The summed E-state index contributed by atoms with van der Waals surface area (Å²) in [6.45, 7) is 0.296. The molecule has 1 aliphatic carbocycles. The van der Waals surface area contributed by atoms with Gasteiger partial charge in [0.1, 0.15) is 12.7 Å². The van der Waals surface area contributed by atoms with Crippen LogP contribution in [-0.2, 0) is 9.47 Å². The summed E-state index contributed by atoms with van der Waals surface area (Å²) in [6, 6.07) is 0. The fraction of sp³-hybridized carbons (Fsp3) is 0.900. The largest absolute Gasteiger partial charge is 0.447 e. The Labute approximate surface area is 93.9 Å². The van der Waals surface area contributed by atoms with Crippen LogP contribution in [-0.4, -0.2) is 35.9 Å². The second kappa shape index (κ2) is 4.61. The van der Waals surface area contributed by atoms with Gasteiger partial charge in [-0.3, -0.25) is 0 Å². The third-order valence-electron chi connectivity index (χ3n) is 3.01. The van der Waals surface area contributed by atoms with E-state index in [2.05, 4.69) is 0 Å². The van der Waals surface area contributed by atoms with E-state index in [4.69, 9.17) is 15.2 Å². The van der Waals surface area contributed by atoms with Gasteiger partial charge in [-0.05, 0) is 12.8 Å². The molecule has 4 nitrogen and oxygen atoms in total. The molecule has 0 aromatic rings. The first-order valence-corrected chi connectivity index (χ1v) is 6.53. The predicted molar refractivity (Wildman–Crippen MR) is 58.9 cm³/mol. The van der Waals surface area contributed by atoms with Gasteiger partial charge in [-0.25, -0.2) is 4.79 Å². The van der Waals surface area contributed by atoms with Gasteiger partial charge in [0, 0.05) is 11.5 Å². The van der Waals surface area contributed by atoms with Crippen molar-refractivity contribution in [3.05, 3.63) is 0 Å². The van der Waals surface area contributed by atoms with Gasteiger partial charge in [-0.2, -0.15) is 11.8 Å². The number of primary amides is 1. The first-order valence-electron chi connectivity index (χ1n) is 5.38. The maximum atomic E-state index is 10.5. The molecule has 86 valence electrons. The van der Waals surface area contributed by atoms with Gasteiger partial charge in [-0.1, -0.05) is 12.8 Å². The fourth-order valence-corrected chi connectivity index (χ4v) is 3.61. The first kappa shape index (κ1) is 11.1. The number of hydrogen-bond acceptors (Lipinski definition) is 4. The predicted octanol–water partition coefficient (Wildman–Crippen LogP) is 1.53. The van der Waals surface area contributed by atoms with Crippen molar-refractivity contribution in [2.75, 3.05) is 18.1 Å². The Balaban J connectivity index is 1.84. The van der Waals surface area contributed by atoms with Crippen molar-refractivity contribution in [3.8, 4) is 0 Å². The maximum absolute atomic E-state index is 10.5. The molecule has 1 spiro atoms. The molecule has 1 amide bonds. The minimum absolute atomic E-state index is 0.0225. The average molecular weight is 231 g/mol. The lowest BCUT2D eigenvalue weighted by Gasteiger charge is -2.37. The molecule has 2 N–H and O–H groups in total. The second-order valence-corrected chi connectivity index (χ2v) is 5.31. The minimum Gasteiger partial charge on any atom is -0.447 e. The van der Waals surface area contributed by atoms with E-state index < -0.39 is 6.09 Å². The highest BCUT2D eigenvalue weighted by atomic mass is 32.2. The lowest BCUT2D eigenvalue weighted by Crippen LogP contribution is -2.44. The van der Waals surface area contributed by atoms with Gasteiger partial charge in [0.25, 0.3) is 0 Å². The molecule has 1 atom stereocenters. The third-order valence-corrected chi connectivity index (χ3v) is 4.35. The zero-order valence-corrected chi connectivity index (χ0v) is 9.55. The monoisotopic (exact) mass is 231 g/mol. The van der Waals surface area contributed by atoms with Crippen LogP contribution in [0.1, 0.15) is 25.7 Å². The molecule has 5 heteroatoms. The van der Waals surface area contributed by atoms with Crippen LogP contribution in [0, 0.1) is 0 Å². The van der Waals surface area contributed by atoms with Crippen LogP contribution in [0.2, 0.25) is 0 Å². The van der Waals surface area contributed by atoms with Crippen molar-refractivity contribution in [1.82, 2.24) is 0 Å². The number of hydrogen-bond donors (Lipinski definition) is 1. The topological polar surface area (TPSA) is 61.6 Å². The van der Waals surface area contributed by atoms with E-state index in [1.165, 1.54) is 12.8 Å². The zero-order valence-electron chi connectivity index (χ0n) is 8.74. The van der Waals surface area contributed by atoms with Crippen molar-refractivity contribution in [2.45, 2.75) is 37.4 Å². The molecule has 2 rings (SSSR count). The lowest BCUT2D eigenvalue weighted by atomic mass is 10.0. The highest BCUT2D eigenvalue weighted by molar-refractivity contribution is 7.99. The summed E-state index contributed by atoms with van der Waals surface area (Å²) in [4.78, 5) is 10.5. The molecule has 2 aliphatic rings. The van der Waals surface area contributed by atoms with Gasteiger partial charge >= 0.3 is 6.09 Å². The van der Waals surface area contributed by atoms with Crippen molar-refractivity contribution < 1.29 is 14.3 Å². The molecule has 0 radical (unpaired) electrons. The number of amides is 1. The Kier molecular flexibility index (Phi) is 3.41. The summed E-state index contributed by atoms with van der Waals surface area (Å²) >= 11 is 1.89. The number of thioether (sulfide) groups is 1. The minimum atomic E-state index is -0.713. The average Bonchev–Trinajstić information content (AvgIpc) is 2.63. The summed E-state index contributed by atoms with van der Waals surface area (Å²) in [5.41, 5.74) is 5.00. The lowest BCUT2D eigenvalue weighted by molar-refractivity contribution is -0.0892. The van der Waals surface area contributed by atoms with Crippen molar-refractivity contribution in [1.29, 1.82) is 0 Å². The number of carbonyl (C=O) groups is 1. The Morgan fingerprint density at radius 3 is 2.93 bits per heavy atom. The molecule has 2 fully saturated rings. The van der Waals surface area contributed by atoms with E-state index >= 15 is 0 Å². The van der Waals surface area contributed by atoms with E-state index in [-0.39, 0.29) is 11.7 Å². The van der Waals surface area contributed by atoms with Crippen LogP contribution in [0.5, 0.6) is 0 Å². The SMILES string of the molecule is NC(=O)OCC1CSCC2(CCCC2)O1. The van der Waals surface area contributed by atoms with Crippen LogP contribution < -0.4 is 5.73 Å². The van der Waals surface area contributed by atoms with Crippen LogP contribution in [0.3, 0.4) is 0 Å². The molecule has 1 saturated heterocycles. The Morgan fingerprint density at radius 2 is 2.27 bits per heavy atom. The molecule has 15 heavy (non-hydrogen) atoms. The summed E-state index contributed by atoms with van der Waals surface area (Å²) in [6.07, 6.45) is 4.11. The molecule has 0 aromatic heterocycles. The van der Waals surface area contributed by atoms with E-state index in [9.17, 15) is 4.79 Å². The molecule has 1 heterocycles. The highest BCUT2D eigenvalue weighted by Gasteiger charge is 2.40. The number of carbonyl (C=O) groups excluding carboxylic acids is 1. The highest BCUT2D eigenvalue weighted by Crippen LogP contribution is 2.40. The quantitative estimate of drug-likeness (QED) is 0.783. The third kappa shape index (κ3) is 2.78. The van der Waals surface area contributed by atoms with Gasteiger partial charge < -0.3 is 15.2 Å². The van der Waals surface area contributed by atoms with E-state index in [1.807, 2.05) is 11.8 Å². The first-order chi connectivity index (χ1) is 7.20. The number of ether oxygens (including phenoxy) is 2. The zero-order chi connectivity index (χ0) is 10.7. The van der Waals surface area contributed by atoms with Crippen molar-refractivity contribution in [3.63, 3.8) is 0 Å². The van der Waals surface area contributed by atoms with Crippen molar-refractivity contribution >= 4 is 17.9 Å². The molecule has 0 bridgehead atoms. The normalized spacial score (nSPS) is 29.2. The Bertz CT molecular complexity index is 241. The summed E-state index contributed by atoms with van der Waals surface area (Å²) in [5, 5.41) is 0. The second-order valence-electron chi connectivity index (χ2n) is 4.28. The molecule has 1 saturated carbocycles. The fourth-order valence-electron chi connectivity index (χ4n) is 2.34. The Morgan fingerprint density at radius 1 is 1.53 bits per heavy atom. The Hall–Kier alpha value is -0.420. The van der Waals surface area contributed by atoms with Gasteiger partial charge in [-0.15, -0.1) is 0 Å². The van der Waals surface area contributed by atoms with E-state index in [1.54, 1.807) is 0 Å². The van der Waals surface area contributed by atoms with Gasteiger partial charge in [0.2, 0.25) is 0 Å². The van der Waals surface area contributed by atoms with Crippen LogP contribution >= 0.6 is 11.8 Å². The summed E-state index contributed by atoms with van der Waals surface area (Å²) < 4.78 is 10.8. The number of nitrogens with two attached hydrogens (primary N) is 1. The molecule has 1 aliphatic heterocycles. The summed E-state index contributed by atoms with van der Waals surface area (Å²) in [5.74, 6) is 1.98.